The van der Waals surface area contributed by atoms with Gasteiger partial charge in [0.15, 0.2) is 0 Å². The van der Waals surface area contributed by atoms with Gasteiger partial charge in [0.05, 0.1) is 0 Å². The van der Waals surface area contributed by atoms with Crippen LogP contribution in [0.15, 0.2) is 10.9 Å². The van der Waals surface area contributed by atoms with Crippen molar-refractivity contribution in [3.63, 3.8) is 0 Å². The number of fused-ring (bicyclic) bond motifs is 1. The van der Waals surface area contributed by atoms with Crippen molar-refractivity contribution in [2.45, 2.75) is 103 Å². The average Bonchev–Trinajstić information content (AvgIpc) is 2.71. The van der Waals surface area contributed by atoms with Crippen LogP contribution in [0.25, 0.3) is 0 Å². The fourth-order valence-corrected chi connectivity index (χ4v) is 4.97. The van der Waals surface area contributed by atoms with E-state index >= 15 is 0 Å². The number of carbonyl (C=O) groups is 2. The standard InChI is InChI=1S/C25H38N2O4/c1-17(2)25(3,24(30)31)26-22(28)20-15-19-13-9-4-5-10-14-21(19)27(23(20)29)16-18-11-7-6-8-12-18/h15,17-18H,4-14,16H2,1-3H3,(H,26,28)(H,30,31)/t25-/m0/s1. The van der Waals surface area contributed by atoms with Gasteiger partial charge in [-0.05, 0) is 68.9 Å². The number of nitrogens with one attached hydrogen (secondary N) is 1. The molecule has 1 aromatic heterocycles. The summed E-state index contributed by atoms with van der Waals surface area (Å²) in [5.41, 5.74) is 0.572. The van der Waals surface area contributed by atoms with Crippen molar-refractivity contribution in [1.82, 2.24) is 9.88 Å². The van der Waals surface area contributed by atoms with Crippen LogP contribution in [0.2, 0.25) is 0 Å². The first-order chi connectivity index (χ1) is 14.7. The van der Waals surface area contributed by atoms with Crippen molar-refractivity contribution in [3.05, 3.63) is 33.2 Å². The molecule has 3 rings (SSSR count). The highest BCUT2D eigenvalue weighted by atomic mass is 16.4. The maximum absolute atomic E-state index is 13.5. The Morgan fingerprint density at radius 2 is 1.71 bits per heavy atom. The highest BCUT2D eigenvalue weighted by Gasteiger charge is 2.39. The molecule has 172 valence electrons. The highest BCUT2D eigenvalue weighted by Crippen LogP contribution is 2.27. The minimum Gasteiger partial charge on any atom is -0.480 e. The lowest BCUT2D eigenvalue weighted by atomic mass is 9.87. The number of carboxylic acid groups (broad SMARTS) is 1. The summed E-state index contributed by atoms with van der Waals surface area (Å²) in [6.45, 7) is 5.70. The van der Waals surface area contributed by atoms with Gasteiger partial charge in [-0.25, -0.2) is 4.79 Å². The molecular formula is C25H38N2O4. The van der Waals surface area contributed by atoms with E-state index in [2.05, 4.69) is 5.32 Å². The molecule has 2 N–H and O–H groups in total. The van der Waals surface area contributed by atoms with Crippen LogP contribution in [0.4, 0.5) is 0 Å². The second-order valence-electron chi connectivity index (χ2n) is 9.98. The first kappa shape index (κ1) is 23.6. The molecule has 6 heteroatoms. The van der Waals surface area contributed by atoms with E-state index in [4.69, 9.17) is 0 Å². The minimum atomic E-state index is -1.43. The maximum Gasteiger partial charge on any atom is 0.329 e. The second kappa shape index (κ2) is 10.0. The predicted molar refractivity (Wildman–Crippen MR) is 121 cm³/mol. The number of amides is 1. The van der Waals surface area contributed by atoms with Crippen LogP contribution in [0, 0.1) is 11.8 Å². The second-order valence-corrected chi connectivity index (χ2v) is 9.98. The summed E-state index contributed by atoms with van der Waals surface area (Å²) in [6.07, 6.45) is 12.1. The fourth-order valence-electron chi connectivity index (χ4n) is 4.97. The number of nitrogens with zero attached hydrogens (tertiary/aromatic N) is 1. The minimum absolute atomic E-state index is 0.0863. The zero-order valence-corrected chi connectivity index (χ0v) is 19.3. The molecule has 1 atom stereocenters. The van der Waals surface area contributed by atoms with Gasteiger partial charge in [-0.2, -0.15) is 0 Å². The van der Waals surface area contributed by atoms with Gasteiger partial charge >= 0.3 is 5.97 Å². The maximum atomic E-state index is 13.5. The van der Waals surface area contributed by atoms with Crippen LogP contribution in [0.1, 0.15) is 100 Å². The third-order valence-electron chi connectivity index (χ3n) is 7.48. The number of pyridine rings is 1. The molecule has 0 radical (unpaired) electrons. The number of aromatic nitrogens is 1. The first-order valence-electron chi connectivity index (χ1n) is 12.1. The van der Waals surface area contributed by atoms with Gasteiger partial charge in [-0.1, -0.05) is 46.0 Å². The smallest absolute Gasteiger partial charge is 0.329 e. The van der Waals surface area contributed by atoms with E-state index < -0.39 is 17.4 Å². The Morgan fingerprint density at radius 1 is 1.10 bits per heavy atom. The van der Waals surface area contributed by atoms with E-state index in [9.17, 15) is 19.5 Å². The number of carboxylic acids is 1. The van der Waals surface area contributed by atoms with E-state index in [1.54, 1.807) is 19.9 Å². The summed E-state index contributed by atoms with van der Waals surface area (Å²) < 4.78 is 1.87. The molecule has 0 aromatic carbocycles. The van der Waals surface area contributed by atoms with Gasteiger partial charge in [0.2, 0.25) is 0 Å². The van der Waals surface area contributed by atoms with Crippen molar-refractivity contribution >= 4 is 11.9 Å². The van der Waals surface area contributed by atoms with Gasteiger partial charge < -0.3 is 15.0 Å². The number of rotatable bonds is 6. The van der Waals surface area contributed by atoms with Gasteiger partial charge in [0.25, 0.3) is 11.5 Å². The molecule has 31 heavy (non-hydrogen) atoms. The van der Waals surface area contributed by atoms with E-state index in [-0.39, 0.29) is 17.0 Å². The number of hydrogen-bond donors (Lipinski definition) is 2. The molecule has 0 bridgehead atoms. The number of hydrogen-bond acceptors (Lipinski definition) is 3. The van der Waals surface area contributed by atoms with E-state index in [0.29, 0.717) is 12.5 Å². The van der Waals surface area contributed by atoms with Crippen LogP contribution < -0.4 is 10.9 Å². The molecule has 0 aliphatic heterocycles. The van der Waals surface area contributed by atoms with Crippen LogP contribution in [0.3, 0.4) is 0 Å². The monoisotopic (exact) mass is 430 g/mol. The SMILES string of the molecule is CC(C)[C@](C)(NC(=O)c1cc2c(n(CC3CCCCC3)c1=O)CCCCCC2)C(=O)O. The Hall–Kier alpha value is -2.11. The van der Waals surface area contributed by atoms with E-state index in [1.807, 2.05) is 4.57 Å². The normalized spacial score (nSPS) is 19.7. The molecule has 2 aliphatic carbocycles. The van der Waals surface area contributed by atoms with E-state index in [0.717, 1.165) is 56.2 Å². The summed E-state index contributed by atoms with van der Waals surface area (Å²) >= 11 is 0. The zero-order valence-electron chi connectivity index (χ0n) is 19.3. The van der Waals surface area contributed by atoms with Crippen molar-refractivity contribution in [3.8, 4) is 0 Å². The summed E-state index contributed by atoms with van der Waals surface area (Å²) in [5, 5.41) is 12.4. The lowest BCUT2D eigenvalue weighted by Crippen LogP contribution is -2.56. The molecular weight excluding hydrogens is 392 g/mol. The van der Waals surface area contributed by atoms with Crippen molar-refractivity contribution in [1.29, 1.82) is 0 Å². The Labute approximate surface area is 185 Å². The van der Waals surface area contributed by atoms with Gasteiger partial charge in [-0.3, -0.25) is 9.59 Å². The zero-order chi connectivity index (χ0) is 22.6. The highest BCUT2D eigenvalue weighted by molar-refractivity contribution is 5.97. The average molecular weight is 431 g/mol. The van der Waals surface area contributed by atoms with Gasteiger partial charge in [-0.15, -0.1) is 0 Å². The number of aliphatic carboxylic acids is 1. The Kier molecular flexibility index (Phi) is 7.60. The van der Waals surface area contributed by atoms with Crippen LogP contribution in [-0.4, -0.2) is 27.1 Å². The van der Waals surface area contributed by atoms with Gasteiger partial charge in [0.1, 0.15) is 11.1 Å². The molecule has 6 nitrogen and oxygen atoms in total. The lowest BCUT2D eigenvalue weighted by molar-refractivity contribution is -0.145. The Morgan fingerprint density at radius 3 is 2.32 bits per heavy atom. The molecule has 0 spiro atoms. The molecule has 2 aliphatic rings. The van der Waals surface area contributed by atoms with Crippen molar-refractivity contribution < 1.29 is 14.7 Å². The van der Waals surface area contributed by atoms with E-state index in [1.165, 1.54) is 32.6 Å². The molecule has 1 heterocycles. The van der Waals surface area contributed by atoms with Gasteiger partial charge in [0, 0.05) is 12.2 Å². The van der Waals surface area contributed by atoms with Crippen LogP contribution >= 0.6 is 0 Å². The summed E-state index contributed by atoms with van der Waals surface area (Å²) in [7, 11) is 0. The third-order valence-corrected chi connectivity index (χ3v) is 7.48. The van der Waals surface area contributed by atoms with Crippen LogP contribution in [-0.2, 0) is 24.2 Å². The number of aryl methyl sites for hydroxylation is 1. The summed E-state index contributed by atoms with van der Waals surface area (Å²) in [6, 6.07) is 1.75. The summed E-state index contributed by atoms with van der Waals surface area (Å²) in [4.78, 5) is 38.6. The molecule has 1 aromatic rings. The fraction of sp³-hybridized carbons (Fsp3) is 0.720. The van der Waals surface area contributed by atoms with Crippen LogP contribution in [0.5, 0.6) is 0 Å². The van der Waals surface area contributed by atoms with Crippen molar-refractivity contribution in [2.24, 2.45) is 11.8 Å². The quantitative estimate of drug-likeness (QED) is 0.704. The predicted octanol–water partition coefficient (Wildman–Crippen LogP) is 4.32. The molecule has 1 saturated carbocycles. The lowest BCUT2D eigenvalue weighted by Gasteiger charge is -2.31. The van der Waals surface area contributed by atoms with Crippen molar-refractivity contribution in [2.75, 3.05) is 0 Å². The first-order valence-corrected chi connectivity index (χ1v) is 12.1. The Bertz CT molecular complexity index is 867. The third kappa shape index (κ3) is 5.21. The number of carbonyl (C=O) groups excluding carboxylic acids is 1. The Balaban J connectivity index is 2.02. The summed E-state index contributed by atoms with van der Waals surface area (Å²) in [5.74, 6) is -1.52. The topological polar surface area (TPSA) is 88.4 Å². The molecule has 0 unspecified atom stereocenters. The molecule has 1 amide bonds. The molecule has 0 saturated heterocycles. The molecule has 1 fully saturated rings. The largest absolute Gasteiger partial charge is 0.480 e.